The monoisotopic (exact) mass is 1890 g/mol. The molecule has 7 unspecified atom stereocenters. The number of nitro benzene ring substituents is 1. The second-order valence-electron chi connectivity index (χ2n) is 25.3. The van der Waals surface area contributed by atoms with Crippen LogP contribution in [0.2, 0.25) is 5.02 Å². The number of para-hydroxylation sites is 1. The van der Waals surface area contributed by atoms with E-state index in [0.29, 0.717) is 77.3 Å². The van der Waals surface area contributed by atoms with Crippen molar-refractivity contribution >= 4 is 240 Å². The van der Waals surface area contributed by atoms with E-state index < -0.39 is 109 Å². The third-order valence-corrected chi connectivity index (χ3v) is 25.0. The van der Waals surface area contributed by atoms with Crippen molar-refractivity contribution < 1.29 is 95.9 Å². The summed E-state index contributed by atoms with van der Waals surface area (Å²) in [6, 6.07) is 39.2. The number of hydrogen-bond donors (Lipinski definition) is 16. The molecule has 0 fully saturated rings. The van der Waals surface area contributed by atoms with E-state index in [-0.39, 0.29) is 72.9 Å². The van der Waals surface area contributed by atoms with E-state index in [2.05, 4.69) is 121 Å². The summed E-state index contributed by atoms with van der Waals surface area (Å²) in [6.07, 6.45) is 4.20. The van der Waals surface area contributed by atoms with Crippen LogP contribution in [0.5, 0.6) is 0 Å². The van der Waals surface area contributed by atoms with Crippen LogP contribution in [0, 0.1) is 34.2 Å². The molecule has 0 saturated carbocycles. The summed E-state index contributed by atoms with van der Waals surface area (Å²) < 4.78 is 231. The highest BCUT2D eigenvalue weighted by Crippen LogP contribution is 2.29. The van der Waals surface area contributed by atoms with Crippen LogP contribution >= 0.6 is 11.6 Å². The summed E-state index contributed by atoms with van der Waals surface area (Å²) in [7, 11) is -34.9. The largest absolute Gasteiger partial charge is 0.329 e. The number of nitro groups is 1. The van der Waals surface area contributed by atoms with Crippen molar-refractivity contribution in [1.29, 1.82) is 5.26 Å². The lowest BCUT2D eigenvalue weighted by Crippen LogP contribution is -2.13. The number of aryl methyl sites for hydroxylation is 1. The van der Waals surface area contributed by atoms with Crippen LogP contribution in [0.3, 0.4) is 0 Å². The fourth-order valence-corrected chi connectivity index (χ4v) is 16.2. The molecule has 8 aromatic heterocycles. The van der Waals surface area contributed by atoms with Gasteiger partial charge in [0, 0.05) is 36.8 Å². The first-order chi connectivity index (χ1) is 56.3. The molecule has 0 aliphatic rings. The predicted octanol–water partition coefficient (Wildman–Crippen LogP) is 7.70. The fraction of sp³-hybridized carbons (Fsp3) is 0.0294. The smallest absolute Gasteiger partial charge is 0.271 e. The topological polar surface area (TPSA) is 687 Å². The number of fused-ring (bicyclic) bond motifs is 7. The van der Waals surface area contributed by atoms with Crippen molar-refractivity contribution in [3.63, 3.8) is 0 Å². The number of aromatic amines is 7. The number of nitrogens with one attached hydrogen (secondary N) is 8. The number of halogens is 2. The number of anilines is 1. The molecule has 0 aliphatic heterocycles. The summed E-state index contributed by atoms with van der Waals surface area (Å²) in [5, 5.41) is 27.3. The van der Waals surface area contributed by atoms with Crippen molar-refractivity contribution in [1.82, 2.24) is 79.6 Å². The Morgan fingerprint density at radius 3 is 1.19 bits per heavy atom. The molecule has 42 nitrogen and oxygen atoms in total. The van der Waals surface area contributed by atoms with Crippen LogP contribution in [-0.2, 0) is 98.5 Å². The van der Waals surface area contributed by atoms with Gasteiger partial charge < -0.3 is 66.8 Å². The number of nitrogens with two attached hydrogens (primary N) is 1. The molecule has 0 saturated heterocycles. The molecule has 16 rings (SSSR count). The maximum absolute atomic E-state index is 13.9. The van der Waals surface area contributed by atoms with E-state index in [1.807, 2.05) is 25.1 Å². The second kappa shape index (κ2) is 34.8. The number of sulfonamides is 2. The number of nitriles is 1. The van der Waals surface area contributed by atoms with Crippen molar-refractivity contribution in [3.05, 3.63) is 196 Å². The Labute approximate surface area is 696 Å². The van der Waals surface area contributed by atoms with E-state index in [1.54, 1.807) is 54.7 Å². The normalized spacial score (nSPS) is 15.1. The van der Waals surface area contributed by atoms with Crippen LogP contribution in [0.15, 0.2) is 215 Å². The minimum absolute atomic E-state index is 0.0260. The van der Waals surface area contributed by atoms with Gasteiger partial charge in [0.1, 0.15) is 74.3 Å². The quantitative estimate of drug-likeness (QED) is 0.0281. The molecule has 8 heterocycles. The lowest BCUT2D eigenvalue weighted by atomic mass is 10.2. The van der Waals surface area contributed by atoms with Gasteiger partial charge in [-0.1, -0.05) is 29.8 Å². The minimum atomic E-state index is -3.89. The van der Waals surface area contributed by atoms with Gasteiger partial charge in [-0.3, -0.25) is 14.8 Å². The highest BCUT2D eigenvalue weighted by Gasteiger charge is 2.22. The van der Waals surface area contributed by atoms with Crippen molar-refractivity contribution in [2.75, 3.05) is 11.0 Å². The van der Waals surface area contributed by atoms with Crippen LogP contribution in [0.1, 0.15) is 11.1 Å². The highest BCUT2D eigenvalue weighted by molar-refractivity contribution is 7.97. The van der Waals surface area contributed by atoms with Gasteiger partial charge in [-0.2, -0.15) is 10.4 Å². The standard InChI is InChI=1S/C14H12ClN3O4S2.C11H9FN4O2S.C9H7N3O2S.C9H10N2O4S2.C9H10N2O2S.C8H9N3O4S2.C8H7N3O4S/c1-23(19,20)14-16-12-7-6-9(8-13(12)17-14)24(21,22)18-11-5-3-2-4-10(11)15;1-19(17,18)11-14-8-5-7(12)10(6-9(8)15-11)16-4-2-3-13-16;1-15(13,14)9-11-7-3-2-6(5-10)4-8(7)12-9;1-16(12,13)6-3-4-7-8(5-6)11-9(10-7)17(2,14)15;1-6-3-4-7-8(5-6)11-9(10-7)14(2,12)13;1-16(12,13)8-10-6-3-2-5(17(9,14)15)4-7(6)11-8;1-16(14,15)8-9-6-3-2-5(11(12)13)4-7(6)10-8/h2-8,18H,1H2,(H,16,17)(H,19,20);2-6H,1H2,(H,14,15)(H,17,18);2-4H,1H2,(H,11,12)(H,13,14);3-5H,2H2,1H3,(H,10,11)(H,14,15);3-5H,2H2,1H3,(H,10,11)(H,12,13);2-4H,1H2,(H,10,11)(H,12,13)(H2,9,14,15);2-4H,1H2,(H,9,10)(H,14,15). The molecule has 122 heavy (non-hydrogen) atoms. The number of rotatable bonds is 14. The Hall–Kier alpha value is -12.2. The van der Waals surface area contributed by atoms with E-state index >= 15 is 0 Å². The van der Waals surface area contributed by atoms with Crippen molar-refractivity contribution in [3.8, 4) is 11.8 Å². The van der Waals surface area contributed by atoms with E-state index in [9.17, 15) is 96.5 Å². The lowest BCUT2D eigenvalue weighted by molar-refractivity contribution is -0.384. The number of benzene rings is 8. The Morgan fingerprint density at radius 2 is 0.803 bits per heavy atom. The van der Waals surface area contributed by atoms with Crippen molar-refractivity contribution in [2.24, 2.45) is 5.14 Å². The van der Waals surface area contributed by atoms with Gasteiger partial charge in [-0.15, -0.1) is 0 Å². The summed E-state index contributed by atoms with van der Waals surface area (Å²) in [6.45, 7) is 1.94. The lowest BCUT2D eigenvalue weighted by Gasteiger charge is -2.09. The average Bonchev–Trinajstić information content (AvgIpc) is 1.51. The summed E-state index contributed by atoms with van der Waals surface area (Å²) in [4.78, 5) is 55.5. The summed E-state index contributed by atoms with van der Waals surface area (Å²) >= 11 is 5.96. The zero-order chi connectivity index (χ0) is 90.2. The van der Waals surface area contributed by atoms with E-state index in [1.165, 1.54) is 102 Å². The van der Waals surface area contributed by atoms with Gasteiger partial charge in [-0.05, 0) is 169 Å². The van der Waals surface area contributed by atoms with Crippen molar-refractivity contribution in [2.45, 2.75) is 57.7 Å². The van der Waals surface area contributed by atoms with Gasteiger partial charge in [-0.25, -0.2) is 104 Å². The van der Waals surface area contributed by atoms with Gasteiger partial charge in [0.15, 0.2) is 15.7 Å². The fourth-order valence-electron chi connectivity index (χ4n) is 10.1. The number of hydrogen-bond acceptors (Lipinski definition) is 24. The molecule has 16 aromatic rings. The molecule has 0 spiro atoms. The number of aromatic nitrogens is 16. The third kappa shape index (κ3) is 23.1. The average molecular weight is 1890 g/mol. The molecule has 54 heteroatoms. The molecule has 7 atom stereocenters. The number of non-ortho nitro benzene ring substituents is 1. The Bertz CT molecular complexity index is 7960. The zero-order valence-electron chi connectivity index (χ0n) is 62.1. The molecule has 8 aromatic carbocycles. The molecule has 0 amide bonds. The molecular formula is C68H64ClFN20O22S10. The number of imidazole rings is 7. The third-order valence-electron chi connectivity index (χ3n) is 15.7. The summed E-state index contributed by atoms with van der Waals surface area (Å²) in [5.74, 6) is 21.1. The Kier molecular flexibility index (Phi) is 26.2. The number of H-pyrrole nitrogens is 7. The minimum Gasteiger partial charge on any atom is -0.329 e. The second-order valence-corrected chi connectivity index (χ2v) is 42.7. The first-order valence-electron chi connectivity index (χ1n) is 32.7. The summed E-state index contributed by atoms with van der Waals surface area (Å²) in [5.41, 5.74) is 7.92. The van der Waals surface area contributed by atoms with Crippen LogP contribution < -0.4 is 9.86 Å². The number of primary sulfonamides is 1. The first-order valence-corrected chi connectivity index (χ1v) is 49.8. The molecule has 0 bridgehead atoms. The van der Waals surface area contributed by atoms with Crippen LogP contribution in [-0.4, -0.2) is 218 Å². The first kappa shape index (κ1) is 92.1. The SMILES string of the molecule is C=S(=O)(O)c1nc2cc(-n3cccn3)c(F)cc2[nH]1.C=S(=O)(O)c1nc2ccc(C#N)cc2[nH]1.C=S(=O)(O)c1nc2ccc(C)cc2[nH]1.C=S(=O)(O)c1nc2ccc(S(=O)(=O)Nc3ccccc3Cl)cc2[nH]1.C=S(=O)(O)c1nc2ccc(S(C)(=O)=O)cc2[nH]1.C=S(=O)(O)c1nc2ccc(S(N)(=O)=O)cc2[nH]1.C=S(=O)(O)c1nc2ccc([N+](=O)[O-])cc2[nH]1. The molecule has 17 N–H and O–H groups in total. The van der Waals surface area contributed by atoms with Gasteiger partial charge in [0.25, 0.3) is 15.7 Å². The maximum Gasteiger partial charge on any atom is 0.271 e. The van der Waals surface area contributed by atoms with Gasteiger partial charge >= 0.3 is 0 Å². The van der Waals surface area contributed by atoms with E-state index in [4.69, 9.17) is 26.6 Å². The molecular weight excluding hydrogens is 1820 g/mol. The Morgan fingerprint density at radius 1 is 0.459 bits per heavy atom. The zero-order valence-corrected chi connectivity index (χ0v) is 71.0. The van der Waals surface area contributed by atoms with Crippen LogP contribution in [0.25, 0.3) is 82.9 Å². The molecule has 642 valence electrons. The Balaban J connectivity index is 0.000000150. The van der Waals surface area contributed by atoms with Crippen LogP contribution in [0.4, 0.5) is 15.8 Å². The van der Waals surface area contributed by atoms with Gasteiger partial charge in [0.2, 0.25) is 46.1 Å². The number of nitrogens with zero attached hydrogens (tertiary/aromatic N) is 11. The molecule has 0 aliphatic carbocycles. The maximum atomic E-state index is 13.9. The number of sulfone groups is 1. The predicted molar refractivity (Wildman–Crippen MR) is 466 cm³/mol. The molecule has 0 radical (unpaired) electrons. The van der Waals surface area contributed by atoms with E-state index in [0.717, 1.165) is 17.3 Å². The van der Waals surface area contributed by atoms with Gasteiger partial charge in [0.05, 0.1) is 119 Å². The highest BCUT2D eigenvalue weighted by atomic mass is 35.5.